The zero-order valence-corrected chi connectivity index (χ0v) is 16.1. The third kappa shape index (κ3) is 5.88. The van der Waals surface area contributed by atoms with Crippen molar-refractivity contribution in [2.45, 2.75) is 71.8 Å². The number of ether oxygens (including phenoxy) is 2. The number of esters is 1. The number of alkyl carbamates (subject to hydrolysis) is 1. The lowest BCUT2D eigenvalue weighted by Gasteiger charge is -2.35. The van der Waals surface area contributed by atoms with Crippen LogP contribution in [0.3, 0.4) is 0 Å². The van der Waals surface area contributed by atoms with Crippen molar-refractivity contribution in [1.82, 2.24) is 10.2 Å². The molecule has 0 unspecified atom stereocenters. The number of methoxy groups -OCH3 is 1. The van der Waals surface area contributed by atoms with Crippen molar-refractivity contribution in [3.8, 4) is 0 Å². The Morgan fingerprint density at radius 3 is 2.16 bits per heavy atom. The minimum absolute atomic E-state index is 0.0151. The van der Waals surface area contributed by atoms with Gasteiger partial charge in [0.2, 0.25) is 5.91 Å². The molecule has 2 N–H and O–H groups in total. The number of amides is 2. The number of rotatable bonds is 3. The summed E-state index contributed by atoms with van der Waals surface area (Å²) in [5, 5.41) is 12.5. The van der Waals surface area contributed by atoms with Crippen LogP contribution in [0, 0.1) is 5.41 Å². The molecule has 0 aromatic carbocycles. The Morgan fingerprint density at radius 2 is 1.72 bits per heavy atom. The number of likely N-dealkylation sites (tertiary alicyclic amines) is 1. The molecule has 0 spiro atoms. The molecule has 2 amide bonds. The SMILES string of the molecule is COC(=O)[C@@H]1C[C@H](O)CN1C(=O)[C@@H](NC(=O)OC(C)(C)C)C(C)(C)C. The van der Waals surface area contributed by atoms with Gasteiger partial charge < -0.3 is 24.8 Å². The van der Waals surface area contributed by atoms with Crippen molar-refractivity contribution in [3.05, 3.63) is 0 Å². The molecule has 8 nitrogen and oxygen atoms in total. The first-order valence-corrected chi connectivity index (χ1v) is 8.32. The fourth-order valence-corrected chi connectivity index (χ4v) is 2.66. The molecule has 1 aliphatic heterocycles. The van der Waals surface area contributed by atoms with E-state index >= 15 is 0 Å². The van der Waals surface area contributed by atoms with E-state index in [2.05, 4.69) is 5.32 Å². The molecule has 1 rings (SSSR count). The van der Waals surface area contributed by atoms with Crippen LogP contribution in [0.15, 0.2) is 0 Å². The molecule has 0 saturated carbocycles. The second-order valence-corrected chi connectivity index (χ2v) is 8.36. The van der Waals surface area contributed by atoms with Gasteiger partial charge in [0.25, 0.3) is 0 Å². The number of aliphatic hydroxyl groups excluding tert-OH is 1. The van der Waals surface area contributed by atoms with Crippen molar-refractivity contribution in [2.75, 3.05) is 13.7 Å². The molecule has 144 valence electrons. The van der Waals surface area contributed by atoms with Crippen LogP contribution in [0.4, 0.5) is 4.79 Å². The predicted molar refractivity (Wildman–Crippen MR) is 90.8 cm³/mol. The van der Waals surface area contributed by atoms with Gasteiger partial charge in [-0.05, 0) is 26.2 Å². The van der Waals surface area contributed by atoms with Gasteiger partial charge in [-0.25, -0.2) is 9.59 Å². The van der Waals surface area contributed by atoms with Gasteiger partial charge in [0.15, 0.2) is 0 Å². The minimum Gasteiger partial charge on any atom is -0.467 e. The van der Waals surface area contributed by atoms with E-state index in [9.17, 15) is 19.5 Å². The molecule has 3 atom stereocenters. The fraction of sp³-hybridized carbons (Fsp3) is 0.824. The molecule has 0 aliphatic carbocycles. The van der Waals surface area contributed by atoms with E-state index < -0.39 is 47.2 Å². The molecule has 8 heteroatoms. The predicted octanol–water partition coefficient (Wildman–Crippen LogP) is 1.06. The van der Waals surface area contributed by atoms with Gasteiger partial charge in [0, 0.05) is 13.0 Å². The van der Waals surface area contributed by atoms with Gasteiger partial charge in [0.1, 0.15) is 17.7 Å². The van der Waals surface area contributed by atoms with E-state index in [1.165, 1.54) is 12.0 Å². The molecule has 0 bridgehead atoms. The highest BCUT2D eigenvalue weighted by Gasteiger charge is 2.45. The fourth-order valence-electron chi connectivity index (χ4n) is 2.66. The van der Waals surface area contributed by atoms with Crippen LogP contribution in [-0.4, -0.2) is 65.4 Å². The molecule has 25 heavy (non-hydrogen) atoms. The molecule has 0 aromatic rings. The number of carbonyl (C=O) groups excluding carboxylic acids is 3. The van der Waals surface area contributed by atoms with E-state index in [0.717, 1.165) is 0 Å². The van der Waals surface area contributed by atoms with Crippen molar-refractivity contribution < 1.29 is 29.0 Å². The summed E-state index contributed by atoms with van der Waals surface area (Å²) >= 11 is 0. The van der Waals surface area contributed by atoms with Crippen molar-refractivity contribution >= 4 is 18.0 Å². The zero-order chi connectivity index (χ0) is 19.6. The Hall–Kier alpha value is -1.83. The zero-order valence-electron chi connectivity index (χ0n) is 16.1. The van der Waals surface area contributed by atoms with Gasteiger partial charge >= 0.3 is 12.1 Å². The summed E-state index contributed by atoms with van der Waals surface area (Å²) in [6, 6.07) is -1.78. The van der Waals surface area contributed by atoms with Crippen molar-refractivity contribution in [3.63, 3.8) is 0 Å². The first-order valence-electron chi connectivity index (χ1n) is 8.32. The first kappa shape index (κ1) is 21.2. The molecule has 1 saturated heterocycles. The van der Waals surface area contributed by atoms with E-state index in [1.54, 1.807) is 41.5 Å². The third-order valence-electron chi connectivity index (χ3n) is 3.81. The van der Waals surface area contributed by atoms with Gasteiger partial charge in [-0.1, -0.05) is 20.8 Å². The van der Waals surface area contributed by atoms with Crippen LogP contribution in [0.2, 0.25) is 0 Å². The normalized spacial score (nSPS) is 22.3. The monoisotopic (exact) mass is 358 g/mol. The summed E-state index contributed by atoms with van der Waals surface area (Å²) in [6.45, 7) is 10.6. The van der Waals surface area contributed by atoms with E-state index in [0.29, 0.717) is 0 Å². The number of hydrogen-bond acceptors (Lipinski definition) is 6. The minimum atomic E-state index is -0.917. The maximum absolute atomic E-state index is 13.0. The lowest BCUT2D eigenvalue weighted by Crippen LogP contribution is -2.57. The quantitative estimate of drug-likeness (QED) is 0.731. The molecule has 1 aliphatic rings. The van der Waals surface area contributed by atoms with Gasteiger partial charge in [0.05, 0.1) is 13.2 Å². The van der Waals surface area contributed by atoms with Crippen molar-refractivity contribution in [1.29, 1.82) is 0 Å². The molecular weight excluding hydrogens is 328 g/mol. The topological polar surface area (TPSA) is 105 Å². The van der Waals surface area contributed by atoms with Crippen LogP contribution in [-0.2, 0) is 19.1 Å². The molecule has 1 heterocycles. The highest BCUT2D eigenvalue weighted by atomic mass is 16.6. The summed E-state index contributed by atoms with van der Waals surface area (Å²) in [7, 11) is 1.23. The lowest BCUT2D eigenvalue weighted by atomic mass is 9.85. The van der Waals surface area contributed by atoms with E-state index in [1.807, 2.05) is 0 Å². The third-order valence-corrected chi connectivity index (χ3v) is 3.81. The summed E-state index contributed by atoms with van der Waals surface area (Å²) in [6.07, 6.45) is -1.41. The summed E-state index contributed by atoms with van der Waals surface area (Å²) in [5.74, 6) is -1.04. The Morgan fingerprint density at radius 1 is 1.16 bits per heavy atom. The van der Waals surface area contributed by atoms with Crippen LogP contribution in [0.25, 0.3) is 0 Å². The lowest BCUT2D eigenvalue weighted by molar-refractivity contribution is -0.152. The van der Waals surface area contributed by atoms with Crippen LogP contribution < -0.4 is 5.32 Å². The van der Waals surface area contributed by atoms with Gasteiger partial charge in [-0.3, -0.25) is 4.79 Å². The second kappa shape index (κ2) is 7.59. The maximum atomic E-state index is 13.0. The molecule has 1 fully saturated rings. The Labute approximate surface area is 148 Å². The molecular formula is C17H30N2O6. The van der Waals surface area contributed by atoms with Gasteiger partial charge in [-0.15, -0.1) is 0 Å². The van der Waals surface area contributed by atoms with E-state index in [4.69, 9.17) is 9.47 Å². The highest BCUT2D eigenvalue weighted by molar-refractivity contribution is 5.91. The van der Waals surface area contributed by atoms with Crippen LogP contribution in [0.1, 0.15) is 48.0 Å². The maximum Gasteiger partial charge on any atom is 0.408 e. The molecule has 0 radical (unpaired) electrons. The number of β-amino-alcohol motifs (C(OH)–C–C–N with tert-alkyl or cyclic N) is 1. The number of hydrogen-bond donors (Lipinski definition) is 2. The largest absolute Gasteiger partial charge is 0.467 e. The number of nitrogens with zero attached hydrogens (tertiary/aromatic N) is 1. The first-order chi connectivity index (χ1) is 11.3. The van der Waals surface area contributed by atoms with Crippen LogP contribution >= 0.6 is 0 Å². The van der Waals surface area contributed by atoms with Crippen molar-refractivity contribution in [2.24, 2.45) is 5.41 Å². The molecule has 0 aromatic heterocycles. The smallest absolute Gasteiger partial charge is 0.408 e. The average Bonchev–Trinajstić information content (AvgIpc) is 2.82. The highest BCUT2D eigenvalue weighted by Crippen LogP contribution is 2.26. The number of carbonyl (C=O) groups is 3. The van der Waals surface area contributed by atoms with E-state index in [-0.39, 0.29) is 13.0 Å². The second-order valence-electron chi connectivity index (χ2n) is 8.36. The number of aliphatic hydroxyl groups is 1. The van der Waals surface area contributed by atoms with Gasteiger partial charge in [-0.2, -0.15) is 0 Å². The Bertz CT molecular complexity index is 520. The Kier molecular flexibility index (Phi) is 6.44. The summed E-state index contributed by atoms with van der Waals surface area (Å²) in [5.41, 5.74) is -1.32. The standard InChI is InChI=1S/C17H30N2O6/c1-16(2,3)12(18-15(23)25-17(4,5)6)13(21)19-9-10(20)8-11(19)14(22)24-7/h10-12,20H,8-9H2,1-7H3,(H,18,23)/t10-,11-,12+/m0/s1. The Balaban J connectivity index is 3.01. The number of nitrogens with one attached hydrogen (secondary N) is 1. The average molecular weight is 358 g/mol. The van der Waals surface area contributed by atoms with Crippen LogP contribution in [0.5, 0.6) is 0 Å². The summed E-state index contributed by atoms with van der Waals surface area (Å²) in [4.78, 5) is 38.3. The summed E-state index contributed by atoms with van der Waals surface area (Å²) < 4.78 is 9.95.